The van der Waals surface area contributed by atoms with Gasteiger partial charge in [-0.3, -0.25) is 9.69 Å². The van der Waals surface area contributed by atoms with Crippen molar-refractivity contribution in [3.8, 4) is 5.75 Å². The van der Waals surface area contributed by atoms with E-state index in [0.29, 0.717) is 26.2 Å². The number of piperazine rings is 1. The van der Waals surface area contributed by atoms with Crippen molar-refractivity contribution in [3.63, 3.8) is 0 Å². The number of benzene rings is 2. The van der Waals surface area contributed by atoms with Crippen LogP contribution in [-0.2, 0) is 22.6 Å². The highest BCUT2D eigenvalue weighted by molar-refractivity contribution is 9.10. The Labute approximate surface area is 192 Å². The SMILES string of the molecule is CC(C)(C)OC(=O)N1CCNCC1C(=O)Cc1ccc(OCc2ccccc2)c(Br)c1. The number of nitrogens with one attached hydrogen (secondary N) is 1. The van der Waals surface area contributed by atoms with Crippen molar-refractivity contribution in [2.24, 2.45) is 0 Å². The Kier molecular flexibility index (Phi) is 7.73. The van der Waals surface area contributed by atoms with Gasteiger partial charge in [-0.25, -0.2) is 4.79 Å². The van der Waals surface area contributed by atoms with E-state index in [9.17, 15) is 9.59 Å². The zero-order valence-corrected chi connectivity index (χ0v) is 19.8. The molecule has 166 valence electrons. The van der Waals surface area contributed by atoms with Crippen molar-refractivity contribution in [1.29, 1.82) is 0 Å². The highest BCUT2D eigenvalue weighted by atomic mass is 79.9. The minimum Gasteiger partial charge on any atom is -0.488 e. The van der Waals surface area contributed by atoms with Gasteiger partial charge in [-0.2, -0.15) is 0 Å². The fourth-order valence-electron chi connectivity index (χ4n) is 3.36. The van der Waals surface area contributed by atoms with Crippen molar-refractivity contribution >= 4 is 27.8 Å². The molecule has 6 nitrogen and oxygen atoms in total. The summed E-state index contributed by atoms with van der Waals surface area (Å²) in [5.74, 6) is 0.692. The van der Waals surface area contributed by atoms with Crippen LogP contribution in [0.4, 0.5) is 4.79 Å². The van der Waals surface area contributed by atoms with Crippen molar-refractivity contribution in [3.05, 3.63) is 64.1 Å². The van der Waals surface area contributed by atoms with Crippen LogP contribution in [0, 0.1) is 0 Å². The van der Waals surface area contributed by atoms with E-state index < -0.39 is 17.7 Å². The van der Waals surface area contributed by atoms with Crippen molar-refractivity contribution in [1.82, 2.24) is 10.2 Å². The van der Waals surface area contributed by atoms with Crippen LogP contribution in [0.25, 0.3) is 0 Å². The molecule has 1 fully saturated rings. The van der Waals surface area contributed by atoms with Gasteiger partial charge in [0.1, 0.15) is 24.0 Å². The first-order valence-corrected chi connectivity index (χ1v) is 11.2. The smallest absolute Gasteiger partial charge is 0.410 e. The Morgan fingerprint density at radius 2 is 1.87 bits per heavy atom. The summed E-state index contributed by atoms with van der Waals surface area (Å²) in [5.41, 5.74) is 1.34. The molecule has 0 radical (unpaired) electrons. The normalized spacial score (nSPS) is 16.6. The molecule has 1 heterocycles. The van der Waals surface area contributed by atoms with E-state index in [1.807, 2.05) is 69.3 Å². The molecule has 1 atom stereocenters. The van der Waals surface area contributed by atoms with E-state index in [0.717, 1.165) is 21.3 Å². The summed E-state index contributed by atoms with van der Waals surface area (Å²) >= 11 is 3.54. The van der Waals surface area contributed by atoms with Gasteiger partial charge in [0.15, 0.2) is 5.78 Å². The molecule has 0 spiro atoms. The first-order chi connectivity index (χ1) is 14.7. The molecule has 0 bridgehead atoms. The Balaban J connectivity index is 1.63. The van der Waals surface area contributed by atoms with Crippen molar-refractivity contribution < 1.29 is 19.1 Å². The molecule has 2 aromatic carbocycles. The second kappa shape index (κ2) is 10.3. The fourth-order valence-corrected chi connectivity index (χ4v) is 3.90. The highest BCUT2D eigenvalue weighted by Gasteiger charge is 2.34. The quantitative estimate of drug-likeness (QED) is 0.654. The maximum Gasteiger partial charge on any atom is 0.410 e. The minimum atomic E-state index is -0.601. The molecule has 1 aliphatic rings. The number of amides is 1. The molecule has 1 saturated heterocycles. The number of nitrogens with zero attached hydrogens (tertiary/aromatic N) is 1. The Bertz CT molecular complexity index is 912. The molecule has 0 aliphatic carbocycles. The zero-order chi connectivity index (χ0) is 22.4. The van der Waals surface area contributed by atoms with Crippen LogP contribution in [0.3, 0.4) is 0 Å². The monoisotopic (exact) mass is 488 g/mol. The molecule has 0 aromatic heterocycles. The number of hydrogen-bond donors (Lipinski definition) is 1. The molecule has 1 unspecified atom stereocenters. The third-order valence-corrected chi connectivity index (χ3v) is 5.47. The van der Waals surface area contributed by atoms with Gasteiger partial charge in [-0.1, -0.05) is 36.4 Å². The lowest BCUT2D eigenvalue weighted by molar-refractivity contribution is -0.124. The fraction of sp³-hybridized carbons (Fsp3) is 0.417. The summed E-state index contributed by atoms with van der Waals surface area (Å²) < 4.78 is 12.2. The third-order valence-electron chi connectivity index (χ3n) is 4.85. The molecule has 3 rings (SSSR count). The van der Waals surface area contributed by atoms with Crippen LogP contribution in [0.5, 0.6) is 5.75 Å². The predicted octanol–water partition coefficient (Wildman–Crippen LogP) is 4.35. The summed E-state index contributed by atoms with van der Waals surface area (Å²) in [6.07, 6.45) is -0.221. The van der Waals surface area contributed by atoms with Gasteiger partial charge in [0.25, 0.3) is 0 Å². The molecule has 31 heavy (non-hydrogen) atoms. The van der Waals surface area contributed by atoms with E-state index >= 15 is 0 Å². The lowest BCUT2D eigenvalue weighted by Crippen LogP contribution is -2.58. The van der Waals surface area contributed by atoms with Crippen LogP contribution < -0.4 is 10.1 Å². The van der Waals surface area contributed by atoms with E-state index in [2.05, 4.69) is 21.2 Å². The average Bonchev–Trinajstić information content (AvgIpc) is 2.72. The van der Waals surface area contributed by atoms with Gasteiger partial charge in [-0.05, 0) is 60.0 Å². The van der Waals surface area contributed by atoms with Gasteiger partial charge in [0.05, 0.1) is 4.47 Å². The predicted molar refractivity (Wildman–Crippen MR) is 123 cm³/mol. The summed E-state index contributed by atoms with van der Waals surface area (Å²) in [6, 6.07) is 15.0. The van der Waals surface area contributed by atoms with Crippen LogP contribution in [0.15, 0.2) is 53.0 Å². The lowest BCUT2D eigenvalue weighted by Gasteiger charge is -2.36. The Morgan fingerprint density at radius 3 is 2.55 bits per heavy atom. The molecular weight excluding hydrogens is 460 g/mol. The number of carbonyl (C=O) groups excluding carboxylic acids is 2. The molecule has 1 N–H and O–H groups in total. The second-order valence-corrected chi connectivity index (χ2v) is 9.43. The highest BCUT2D eigenvalue weighted by Crippen LogP contribution is 2.27. The number of Topliss-reactive ketones (excluding diaryl/α,β-unsaturated/α-hetero) is 1. The second-order valence-electron chi connectivity index (χ2n) is 8.58. The van der Waals surface area contributed by atoms with Crippen molar-refractivity contribution in [2.75, 3.05) is 19.6 Å². The zero-order valence-electron chi connectivity index (χ0n) is 18.2. The van der Waals surface area contributed by atoms with Crippen molar-refractivity contribution in [2.45, 2.75) is 45.4 Å². The third kappa shape index (κ3) is 6.80. The molecular formula is C24H29BrN2O4. The number of ether oxygens (including phenoxy) is 2. The van der Waals surface area contributed by atoms with Gasteiger partial charge in [0, 0.05) is 26.1 Å². The first-order valence-electron chi connectivity index (χ1n) is 10.4. The van der Waals surface area contributed by atoms with Crippen LogP contribution in [-0.4, -0.2) is 48.1 Å². The number of hydrogen-bond acceptors (Lipinski definition) is 5. The van der Waals surface area contributed by atoms with Gasteiger partial charge in [0.2, 0.25) is 0 Å². The lowest BCUT2D eigenvalue weighted by atomic mass is 10.0. The summed E-state index contributed by atoms with van der Waals surface area (Å²) in [4.78, 5) is 27.1. The summed E-state index contributed by atoms with van der Waals surface area (Å²) in [7, 11) is 0. The summed E-state index contributed by atoms with van der Waals surface area (Å²) in [5, 5.41) is 3.20. The van der Waals surface area contributed by atoms with E-state index in [1.165, 1.54) is 4.90 Å². The standard InChI is InChI=1S/C24H29BrN2O4/c1-24(2,3)31-23(29)27-12-11-26-15-20(27)21(28)14-18-9-10-22(19(25)13-18)30-16-17-7-5-4-6-8-17/h4-10,13,20,26H,11-12,14-16H2,1-3H3. The topological polar surface area (TPSA) is 67.9 Å². The molecule has 0 saturated carbocycles. The first kappa shape index (κ1) is 23.3. The number of halogens is 1. The molecule has 7 heteroatoms. The maximum absolute atomic E-state index is 13.0. The average molecular weight is 489 g/mol. The van der Waals surface area contributed by atoms with E-state index in [1.54, 1.807) is 0 Å². The number of rotatable bonds is 6. The summed E-state index contributed by atoms with van der Waals surface area (Å²) in [6.45, 7) is 7.45. The Morgan fingerprint density at radius 1 is 1.13 bits per heavy atom. The largest absolute Gasteiger partial charge is 0.488 e. The van der Waals surface area contributed by atoms with E-state index in [-0.39, 0.29) is 12.2 Å². The number of ketones is 1. The van der Waals surface area contributed by atoms with Crippen LogP contribution in [0.2, 0.25) is 0 Å². The van der Waals surface area contributed by atoms with Crippen LogP contribution >= 0.6 is 15.9 Å². The van der Waals surface area contributed by atoms with E-state index in [4.69, 9.17) is 9.47 Å². The molecule has 1 aliphatic heterocycles. The molecule has 2 aromatic rings. The van der Waals surface area contributed by atoms with Gasteiger partial charge >= 0.3 is 6.09 Å². The van der Waals surface area contributed by atoms with Crippen LogP contribution in [0.1, 0.15) is 31.9 Å². The Hall–Kier alpha value is -2.38. The minimum absolute atomic E-state index is 0.0251. The molecule has 1 amide bonds. The van der Waals surface area contributed by atoms with Gasteiger partial charge in [-0.15, -0.1) is 0 Å². The van der Waals surface area contributed by atoms with Gasteiger partial charge < -0.3 is 14.8 Å². The number of carbonyl (C=O) groups is 2. The maximum atomic E-state index is 13.0.